The Morgan fingerprint density at radius 1 is 1.03 bits per heavy atom. The summed E-state index contributed by atoms with van der Waals surface area (Å²) in [5.74, 6) is -0.460. The molecule has 168 valence electrons. The van der Waals surface area contributed by atoms with Crippen molar-refractivity contribution in [2.75, 3.05) is 10.0 Å². The first-order chi connectivity index (χ1) is 15.2. The summed E-state index contributed by atoms with van der Waals surface area (Å²) in [7, 11) is -3.90. The van der Waals surface area contributed by atoms with Gasteiger partial charge >= 0.3 is 0 Å². The van der Waals surface area contributed by atoms with Crippen LogP contribution in [0.2, 0.25) is 10.0 Å². The molecule has 0 radical (unpaired) electrons. The van der Waals surface area contributed by atoms with E-state index in [2.05, 4.69) is 10.0 Å². The minimum atomic E-state index is -3.90. The highest BCUT2D eigenvalue weighted by Gasteiger charge is 2.20. The summed E-state index contributed by atoms with van der Waals surface area (Å²) >= 11 is 11.9. The minimum absolute atomic E-state index is 0.0175. The van der Waals surface area contributed by atoms with Crippen LogP contribution in [0.1, 0.15) is 13.3 Å². The zero-order chi connectivity index (χ0) is 23.3. The molecule has 6 nitrogen and oxygen atoms in total. The van der Waals surface area contributed by atoms with Gasteiger partial charge in [-0.2, -0.15) is 0 Å². The van der Waals surface area contributed by atoms with Gasteiger partial charge in [-0.15, -0.1) is 0 Å². The monoisotopic (exact) mass is 496 g/mol. The van der Waals surface area contributed by atoms with E-state index in [1.54, 1.807) is 6.92 Å². The summed E-state index contributed by atoms with van der Waals surface area (Å²) in [4.78, 5) is 12.5. The third kappa shape index (κ3) is 6.12. The van der Waals surface area contributed by atoms with Crippen LogP contribution in [0.25, 0.3) is 0 Å². The molecular formula is C22H19Cl2FN2O4S. The number of carbonyl (C=O) groups is 1. The molecule has 3 rings (SSSR count). The highest BCUT2D eigenvalue weighted by atomic mass is 35.5. The van der Waals surface area contributed by atoms with E-state index in [9.17, 15) is 17.6 Å². The fourth-order valence-electron chi connectivity index (χ4n) is 2.72. The molecule has 10 heteroatoms. The molecule has 3 aromatic carbocycles. The number of anilines is 2. The highest BCUT2D eigenvalue weighted by Crippen LogP contribution is 2.28. The second-order valence-electron chi connectivity index (χ2n) is 6.71. The number of halogens is 3. The Labute approximate surface area is 195 Å². The number of hydrogen-bond acceptors (Lipinski definition) is 4. The van der Waals surface area contributed by atoms with Crippen molar-refractivity contribution in [2.45, 2.75) is 24.3 Å². The highest BCUT2D eigenvalue weighted by molar-refractivity contribution is 7.92. The van der Waals surface area contributed by atoms with E-state index in [0.717, 1.165) is 0 Å². The Kier molecular flexibility index (Phi) is 7.60. The van der Waals surface area contributed by atoms with E-state index in [-0.39, 0.29) is 15.6 Å². The molecule has 0 aromatic heterocycles. The molecule has 1 amide bonds. The molecule has 2 N–H and O–H groups in total. The van der Waals surface area contributed by atoms with Crippen molar-refractivity contribution in [3.63, 3.8) is 0 Å². The van der Waals surface area contributed by atoms with Gasteiger partial charge in [-0.1, -0.05) is 30.1 Å². The van der Waals surface area contributed by atoms with Crippen LogP contribution < -0.4 is 14.8 Å². The zero-order valence-corrected chi connectivity index (χ0v) is 19.1. The fraction of sp³-hybridized carbons (Fsp3) is 0.136. The Bertz CT molecular complexity index is 1200. The van der Waals surface area contributed by atoms with Gasteiger partial charge < -0.3 is 10.1 Å². The van der Waals surface area contributed by atoms with Gasteiger partial charge in [-0.3, -0.25) is 9.52 Å². The molecular weight excluding hydrogens is 478 g/mol. The normalized spacial score (nSPS) is 12.1. The number of hydrogen-bond donors (Lipinski definition) is 2. The lowest BCUT2D eigenvalue weighted by Gasteiger charge is -2.17. The van der Waals surface area contributed by atoms with Crippen LogP contribution in [-0.2, 0) is 14.8 Å². The van der Waals surface area contributed by atoms with Gasteiger partial charge in [-0.05, 0) is 73.2 Å². The lowest BCUT2D eigenvalue weighted by molar-refractivity contribution is -0.122. The molecule has 3 aromatic rings. The van der Waals surface area contributed by atoms with Crippen molar-refractivity contribution in [2.24, 2.45) is 0 Å². The van der Waals surface area contributed by atoms with Crippen LogP contribution in [0.3, 0.4) is 0 Å². The van der Waals surface area contributed by atoms with E-state index < -0.39 is 27.9 Å². The standard InChI is InChI=1S/C22H19Cl2FN2O4S/c1-2-21(31-17-8-4-15(25)5-9-17)22(28)26-16-6-10-18(11-7-16)32(29,30)27-20-12-3-14(23)13-19(20)24/h3-13,21,27H,2H2,1H3,(H,26,28)/t21-/m0/s1. The number of carbonyl (C=O) groups excluding carboxylic acids is 1. The Morgan fingerprint density at radius 3 is 2.28 bits per heavy atom. The Balaban J connectivity index is 1.67. The maximum absolute atomic E-state index is 13.0. The topological polar surface area (TPSA) is 84.5 Å². The Morgan fingerprint density at radius 2 is 1.69 bits per heavy atom. The summed E-state index contributed by atoms with van der Waals surface area (Å²) in [6.45, 7) is 1.77. The first kappa shape index (κ1) is 23.8. The van der Waals surface area contributed by atoms with Crippen molar-refractivity contribution in [1.29, 1.82) is 0 Å². The van der Waals surface area contributed by atoms with Crippen molar-refractivity contribution in [1.82, 2.24) is 0 Å². The van der Waals surface area contributed by atoms with Gasteiger partial charge in [0.05, 0.1) is 15.6 Å². The largest absolute Gasteiger partial charge is 0.481 e. The van der Waals surface area contributed by atoms with Gasteiger partial charge in [0.15, 0.2) is 6.10 Å². The third-order valence-corrected chi connectivity index (χ3v) is 6.29. The summed E-state index contributed by atoms with van der Waals surface area (Å²) in [6.07, 6.45) is -0.431. The van der Waals surface area contributed by atoms with Gasteiger partial charge in [0.2, 0.25) is 0 Å². The molecule has 0 aliphatic carbocycles. The van der Waals surface area contributed by atoms with Crippen LogP contribution in [0, 0.1) is 5.82 Å². The first-order valence-corrected chi connectivity index (χ1v) is 11.7. The van der Waals surface area contributed by atoms with Gasteiger partial charge in [0.25, 0.3) is 15.9 Å². The smallest absolute Gasteiger partial charge is 0.265 e. The van der Waals surface area contributed by atoms with Crippen molar-refractivity contribution < 1.29 is 22.3 Å². The lowest BCUT2D eigenvalue weighted by atomic mass is 10.2. The van der Waals surface area contributed by atoms with Crippen LogP contribution in [-0.4, -0.2) is 20.4 Å². The van der Waals surface area contributed by atoms with E-state index >= 15 is 0 Å². The van der Waals surface area contributed by atoms with E-state index in [1.165, 1.54) is 66.7 Å². The molecule has 0 saturated carbocycles. The number of sulfonamides is 1. The van der Waals surface area contributed by atoms with E-state index in [1.807, 2.05) is 0 Å². The molecule has 0 spiro atoms. The lowest BCUT2D eigenvalue weighted by Crippen LogP contribution is -2.32. The third-order valence-electron chi connectivity index (χ3n) is 4.36. The molecule has 0 aliphatic rings. The number of nitrogens with one attached hydrogen (secondary N) is 2. The molecule has 0 saturated heterocycles. The van der Waals surface area contributed by atoms with Gasteiger partial charge in [0.1, 0.15) is 11.6 Å². The van der Waals surface area contributed by atoms with Crippen molar-refractivity contribution >= 4 is 50.5 Å². The Hall–Kier alpha value is -2.81. The van der Waals surface area contributed by atoms with Crippen LogP contribution >= 0.6 is 23.2 Å². The van der Waals surface area contributed by atoms with E-state index in [0.29, 0.717) is 22.9 Å². The molecule has 0 fully saturated rings. The number of amides is 1. The maximum atomic E-state index is 13.0. The summed E-state index contributed by atoms with van der Waals surface area (Å²) in [6, 6.07) is 15.4. The van der Waals surface area contributed by atoms with Crippen LogP contribution in [0.15, 0.2) is 71.6 Å². The van der Waals surface area contributed by atoms with Crippen LogP contribution in [0.4, 0.5) is 15.8 Å². The van der Waals surface area contributed by atoms with Crippen LogP contribution in [0.5, 0.6) is 5.75 Å². The molecule has 32 heavy (non-hydrogen) atoms. The predicted molar refractivity (Wildman–Crippen MR) is 123 cm³/mol. The second-order valence-corrected chi connectivity index (χ2v) is 9.24. The first-order valence-electron chi connectivity index (χ1n) is 9.49. The number of rotatable bonds is 8. The zero-order valence-electron chi connectivity index (χ0n) is 16.8. The molecule has 0 heterocycles. The number of ether oxygens (including phenoxy) is 1. The SMILES string of the molecule is CC[C@H](Oc1ccc(F)cc1)C(=O)Nc1ccc(S(=O)(=O)Nc2ccc(Cl)cc2Cl)cc1. The van der Waals surface area contributed by atoms with Gasteiger partial charge in [-0.25, -0.2) is 12.8 Å². The predicted octanol–water partition coefficient (Wildman–Crippen LogP) is 5.73. The molecule has 0 bridgehead atoms. The number of benzene rings is 3. The average Bonchev–Trinajstić information content (AvgIpc) is 2.75. The molecule has 0 aliphatic heterocycles. The van der Waals surface area contributed by atoms with Crippen molar-refractivity contribution in [3.05, 3.63) is 82.6 Å². The second kappa shape index (κ2) is 10.2. The van der Waals surface area contributed by atoms with Crippen molar-refractivity contribution in [3.8, 4) is 5.75 Å². The fourth-order valence-corrected chi connectivity index (χ4v) is 4.31. The maximum Gasteiger partial charge on any atom is 0.265 e. The quantitative estimate of drug-likeness (QED) is 0.417. The van der Waals surface area contributed by atoms with E-state index in [4.69, 9.17) is 27.9 Å². The summed E-state index contributed by atoms with van der Waals surface area (Å²) in [5, 5.41) is 3.22. The summed E-state index contributed by atoms with van der Waals surface area (Å²) < 4.78 is 46.3. The molecule has 1 atom stereocenters. The average molecular weight is 497 g/mol. The minimum Gasteiger partial charge on any atom is -0.481 e. The molecule has 0 unspecified atom stereocenters. The summed E-state index contributed by atoms with van der Waals surface area (Å²) in [5.41, 5.74) is 0.580. The van der Waals surface area contributed by atoms with Gasteiger partial charge in [0, 0.05) is 10.7 Å².